The average molecular weight is 288 g/mol. The summed E-state index contributed by atoms with van der Waals surface area (Å²) in [6.07, 6.45) is 2.61. The molecule has 1 aromatic heterocycles. The Hall–Kier alpha value is -1.46. The third-order valence-corrected chi connectivity index (χ3v) is 4.39. The van der Waals surface area contributed by atoms with Crippen molar-refractivity contribution < 1.29 is 0 Å². The van der Waals surface area contributed by atoms with Gasteiger partial charge in [0.25, 0.3) is 0 Å². The van der Waals surface area contributed by atoms with E-state index in [1.54, 1.807) is 0 Å². The number of likely N-dealkylation sites (tertiary alicyclic amines) is 1. The van der Waals surface area contributed by atoms with Crippen molar-refractivity contribution in [2.24, 2.45) is 5.92 Å². The van der Waals surface area contributed by atoms with Crippen molar-refractivity contribution in [2.45, 2.75) is 12.8 Å². The number of hydrogen-bond acceptors (Lipinski definition) is 5. The fourth-order valence-electron chi connectivity index (χ4n) is 2.67. The molecular weight excluding hydrogens is 268 g/mol. The van der Waals surface area contributed by atoms with Crippen molar-refractivity contribution >= 4 is 16.7 Å². The maximum absolute atomic E-state index is 4.57. The fraction of sp³-hybridized carbons (Fsp3) is 0.467. The van der Waals surface area contributed by atoms with Gasteiger partial charge in [-0.3, -0.25) is 0 Å². The van der Waals surface area contributed by atoms with E-state index in [2.05, 4.69) is 26.6 Å². The van der Waals surface area contributed by atoms with E-state index in [0.29, 0.717) is 0 Å². The minimum atomic E-state index is 0.720. The molecule has 4 nitrogen and oxygen atoms in total. The van der Waals surface area contributed by atoms with Crippen LogP contribution in [0, 0.1) is 5.92 Å². The first-order chi connectivity index (χ1) is 9.81. The quantitative estimate of drug-likeness (QED) is 0.939. The van der Waals surface area contributed by atoms with E-state index >= 15 is 0 Å². The Kier molecular flexibility index (Phi) is 4.28. The van der Waals surface area contributed by atoms with E-state index in [4.69, 9.17) is 0 Å². The molecule has 0 saturated carbocycles. The van der Waals surface area contributed by atoms with E-state index in [0.717, 1.165) is 29.0 Å². The zero-order valence-electron chi connectivity index (χ0n) is 11.7. The van der Waals surface area contributed by atoms with Crippen molar-refractivity contribution in [2.75, 3.05) is 32.0 Å². The summed E-state index contributed by atoms with van der Waals surface area (Å²) in [5, 5.41) is 4.37. The molecule has 3 rings (SSSR count). The second-order valence-electron chi connectivity index (χ2n) is 5.44. The lowest BCUT2D eigenvalue weighted by Gasteiger charge is -2.29. The van der Waals surface area contributed by atoms with Gasteiger partial charge < -0.3 is 10.2 Å². The molecular formula is C15H20N4S. The highest BCUT2D eigenvalue weighted by Crippen LogP contribution is 2.22. The van der Waals surface area contributed by atoms with Gasteiger partial charge in [-0.1, -0.05) is 30.3 Å². The lowest BCUT2D eigenvalue weighted by molar-refractivity contribution is 0.217. The maximum atomic E-state index is 4.57. The molecule has 1 aliphatic rings. The number of nitrogens with one attached hydrogen (secondary N) is 1. The summed E-state index contributed by atoms with van der Waals surface area (Å²) in [4.78, 5) is 6.97. The van der Waals surface area contributed by atoms with Crippen molar-refractivity contribution in [3.05, 3.63) is 30.3 Å². The van der Waals surface area contributed by atoms with Gasteiger partial charge in [-0.2, -0.15) is 9.36 Å². The van der Waals surface area contributed by atoms with E-state index in [1.165, 1.54) is 37.5 Å². The largest absolute Gasteiger partial charge is 0.360 e. The zero-order chi connectivity index (χ0) is 13.8. The summed E-state index contributed by atoms with van der Waals surface area (Å²) >= 11 is 1.45. The Morgan fingerprint density at radius 3 is 3.00 bits per heavy atom. The van der Waals surface area contributed by atoms with Crippen LogP contribution < -0.4 is 5.32 Å². The highest BCUT2D eigenvalue weighted by molar-refractivity contribution is 7.09. The Balaban J connectivity index is 1.58. The van der Waals surface area contributed by atoms with Crippen LogP contribution in [0.25, 0.3) is 11.4 Å². The number of hydrogen-bond donors (Lipinski definition) is 1. The summed E-state index contributed by atoms with van der Waals surface area (Å²) in [5.74, 6) is 1.54. The average Bonchev–Trinajstić information content (AvgIpc) is 2.95. The number of anilines is 1. The minimum absolute atomic E-state index is 0.720. The number of nitrogens with zero attached hydrogens (tertiary/aromatic N) is 3. The molecule has 20 heavy (non-hydrogen) atoms. The second-order valence-corrected chi connectivity index (χ2v) is 6.19. The third-order valence-electron chi connectivity index (χ3n) is 3.72. The highest BCUT2D eigenvalue weighted by Gasteiger charge is 2.17. The lowest BCUT2D eigenvalue weighted by atomic mass is 9.99. The summed E-state index contributed by atoms with van der Waals surface area (Å²) in [7, 11) is 2.20. The van der Waals surface area contributed by atoms with Crippen molar-refractivity contribution in [3.63, 3.8) is 0 Å². The van der Waals surface area contributed by atoms with Gasteiger partial charge in [0.1, 0.15) is 0 Å². The van der Waals surface area contributed by atoms with E-state index < -0.39 is 0 Å². The molecule has 1 N–H and O–H groups in total. The Morgan fingerprint density at radius 2 is 2.20 bits per heavy atom. The molecule has 2 aromatic rings. The molecule has 1 unspecified atom stereocenters. The van der Waals surface area contributed by atoms with Crippen LogP contribution in [0.15, 0.2) is 30.3 Å². The summed E-state index contributed by atoms with van der Waals surface area (Å²) in [6, 6.07) is 10.1. The number of benzene rings is 1. The van der Waals surface area contributed by atoms with Crippen LogP contribution in [0.3, 0.4) is 0 Å². The molecule has 2 heterocycles. The van der Waals surface area contributed by atoms with Crippen LogP contribution >= 0.6 is 11.5 Å². The smallest absolute Gasteiger partial charge is 0.202 e. The standard InChI is InChI=1S/C15H20N4S/c1-19-9-5-6-12(11-19)10-16-15-17-14(18-20-15)13-7-3-2-4-8-13/h2-4,7-8,12H,5-6,9-11H2,1H3,(H,16,17,18). The number of aromatic nitrogens is 2. The van der Waals surface area contributed by atoms with Gasteiger partial charge in [0.15, 0.2) is 5.82 Å². The van der Waals surface area contributed by atoms with Crippen molar-refractivity contribution in [1.29, 1.82) is 0 Å². The molecule has 5 heteroatoms. The minimum Gasteiger partial charge on any atom is -0.360 e. The molecule has 0 amide bonds. The van der Waals surface area contributed by atoms with Gasteiger partial charge in [0.05, 0.1) is 0 Å². The molecule has 1 aromatic carbocycles. The first-order valence-corrected chi connectivity index (χ1v) is 7.90. The number of rotatable bonds is 4. The van der Waals surface area contributed by atoms with Gasteiger partial charge in [-0.05, 0) is 32.4 Å². The van der Waals surface area contributed by atoms with Crippen LogP contribution in [0.4, 0.5) is 5.13 Å². The van der Waals surface area contributed by atoms with Crippen molar-refractivity contribution in [1.82, 2.24) is 14.3 Å². The molecule has 1 aliphatic heterocycles. The first-order valence-electron chi connectivity index (χ1n) is 7.13. The van der Waals surface area contributed by atoms with Crippen LogP contribution in [0.1, 0.15) is 12.8 Å². The van der Waals surface area contributed by atoms with Crippen LogP contribution in [-0.2, 0) is 0 Å². The van der Waals surface area contributed by atoms with Crippen LogP contribution in [0.2, 0.25) is 0 Å². The van der Waals surface area contributed by atoms with E-state index in [1.807, 2.05) is 30.3 Å². The molecule has 0 radical (unpaired) electrons. The first kappa shape index (κ1) is 13.5. The van der Waals surface area contributed by atoms with Gasteiger partial charge >= 0.3 is 0 Å². The summed E-state index contributed by atoms with van der Waals surface area (Å²) in [5.41, 5.74) is 1.08. The third kappa shape index (κ3) is 3.35. The maximum Gasteiger partial charge on any atom is 0.202 e. The molecule has 1 fully saturated rings. The fourth-order valence-corrected chi connectivity index (χ4v) is 3.27. The Labute approximate surface area is 124 Å². The molecule has 1 saturated heterocycles. The monoisotopic (exact) mass is 288 g/mol. The summed E-state index contributed by atoms with van der Waals surface area (Å²) in [6.45, 7) is 3.40. The van der Waals surface area contributed by atoms with Crippen molar-refractivity contribution in [3.8, 4) is 11.4 Å². The van der Waals surface area contributed by atoms with Gasteiger partial charge in [-0.15, -0.1) is 0 Å². The molecule has 0 spiro atoms. The second kappa shape index (κ2) is 6.33. The SMILES string of the molecule is CN1CCCC(CNc2nc(-c3ccccc3)ns2)C1. The summed E-state index contributed by atoms with van der Waals surface area (Å²) < 4.78 is 4.42. The number of piperidine rings is 1. The van der Waals surface area contributed by atoms with Gasteiger partial charge in [-0.25, -0.2) is 0 Å². The van der Waals surface area contributed by atoms with Crippen LogP contribution in [-0.4, -0.2) is 40.9 Å². The van der Waals surface area contributed by atoms with E-state index in [9.17, 15) is 0 Å². The van der Waals surface area contributed by atoms with Gasteiger partial charge in [0, 0.05) is 30.2 Å². The highest BCUT2D eigenvalue weighted by atomic mass is 32.1. The molecule has 106 valence electrons. The van der Waals surface area contributed by atoms with E-state index in [-0.39, 0.29) is 0 Å². The van der Waals surface area contributed by atoms with Gasteiger partial charge in [0.2, 0.25) is 5.13 Å². The normalized spacial score (nSPS) is 19.9. The topological polar surface area (TPSA) is 41.0 Å². The lowest BCUT2D eigenvalue weighted by Crippen LogP contribution is -2.35. The molecule has 1 atom stereocenters. The molecule has 0 aliphatic carbocycles. The zero-order valence-corrected chi connectivity index (χ0v) is 12.6. The van der Waals surface area contributed by atoms with Crippen LogP contribution in [0.5, 0.6) is 0 Å². The Morgan fingerprint density at radius 1 is 1.35 bits per heavy atom. The molecule has 0 bridgehead atoms. The predicted octanol–water partition coefficient (Wildman–Crippen LogP) is 2.96. The predicted molar refractivity (Wildman–Crippen MR) is 84.1 cm³/mol. The Bertz CT molecular complexity index is 540.